The van der Waals surface area contributed by atoms with E-state index < -0.39 is 9.84 Å². The van der Waals surface area contributed by atoms with Crippen molar-refractivity contribution in [3.8, 4) is 0 Å². The van der Waals surface area contributed by atoms with Gasteiger partial charge in [-0.1, -0.05) is 20.3 Å². The highest BCUT2D eigenvalue weighted by Crippen LogP contribution is 2.39. The molecule has 0 radical (unpaired) electrons. The zero-order valence-electron chi connectivity index (χ0n) is 12.4. The smallest absolute Gasteiger partial charge is 0.222 e. The Hall–Kier alpha value is -0.620. The molecule has 3 unspecified atom stereocenters. The lowest BCUT2D eigenvalue weighted by molar-refractivity contribution is -0.125. The summed E-state index contributed by atoms with van der Waals surface area (Å²) < 4.78 is 24.4. The molecule has 116 valence electrons. The third-order valence-corrected chi connectivity index (χ3v) is 7.20. The van der Waals surface area contributed by atoms with Crippen LogP contribution in [-0.2, 0) is 14.6 Å². The average molecular weight is 302 g/mol. The summed E-state index contributed by atoms with van der Waals surface area (Å²) in [5.41, 5.74) is -0.293. The summed E-state index contributed by atoms with van der Waals surface area (Å²) >= 11 is 0. The van der Waals surface area contributed by atoms with Crippen LogP contribution in [0.25, 0.3) is 0 Å². The van der Waals surface area contributed by atoms with E-state index in [0.717, 1.165) is 19.3 Å². The molecule has 5 nitrogen and oxygen atoms in total. The van der Waals surface area contributed by atoms with Crippen LogP contribution in [0.5, 0.6) is 0 Å². The molecule has 0 aromatic carbocycles. The van der Waals surface area contributed by atoms with Crippen LogP contribution in [0.15, 0.2) is 0 Å². The minimum absolute atomic E-state index is 0.00408. The van der Waals surface area contributed by atoms with Crippen LogP contribution in [0.1, 0.15) is 39.5 Å². The third-order valence-electron chi connectivity index (χ3n) is 4.81. The van der Waals surface area contributed by atoms with E-state index in [1.807, 2.05) is 6.92 Å². The van der Waals surface area contributed by atoms with Crippen molar-refractivity contribution in [3.05, 3.63) is 0 Å². The number of carbonyl (C=O) groups is 1. The number of hydrogen-bond acceptors (Lipinski definition) is 4. The highest BCUT2D eigenvalue weighted by Gasteiger charge is 2.51. The van der Waals surface area contributed by atoms with E-state index in [4.69, 9.17) is 0 Å². The number of nitrogens with one attached hydrogen (secondary N) is 2. The maximum absolute atomic E-state index is 12.2. The molecule has 0 aliphatic carbocycles. The molecule has 0 aromatic rings. The van der Waals surface area contributed by atoms with Gasteiger partial charge in [0.25, 0.3) is 0 Å². The van der Waals surface area contributed by atoms with Crippen molar-refractivity contribution in [1.82, 2.24) is 10.6 Å². The fourth-order valence-electron chi connectivity index (χ4n) is 3.57. The third kappa shape index (κ3) is 3.01. The molecule has 20 heavy (non-hydrogen) atoms. The van der Waals surface area contributed by atoms with Gasteiger partial charge in [-0.25, -0.2) is 8.42 Å². The number of sulfone groups is 1. The predicted molar refractivity (Wildman–Crippen MR) is 79.2 cm³/mol. The van der Waals surface area contributed by atoms with Gasteiger partial charge in [0.1, 0.15) is 0 Å². The molecule has 3 atom stereocenters. The van der Waals surface area contributed by atoms with Crippen LogP contribution in [0.3, 0.4) is 0 Å². The van der Waals surface area contributed by atoms with E-state index >= 15 is 0 Å². The largest absolute Gasteiger partial charge is 0.355 e. The molecule has 2 rings (SSSR count). The molecular formula is C14H26N2O3S. The standard InChI is InChI=1S/C14H26N2O3S/c1-3-5-11(2)13(17)16-10-14-6-4-7-20(18,19)12(14)8-15-9-14/h11-12,15H,3-10H2,1-2H3,(H,16,17). The number of carbonyl (C=O) groups excluding carboxylic acids is 1. The molecule has 1 amide bonds. The Morgan fingerprint density at radius 1 is 1.50 bits per heavy atom. The van der Waals surface area contributed by atoms with E-state index in [1.165, 1.54) is 0 Å². The van der Waals surface area contributed by atoms with Crippen molar-refractivity contribution < 1.29 is 13.2 Å². The summed E-state index contributed by atoms with van der Waals surface area (Å²) in [5.74, 6) is 0.348. The van der Waals surface area contributed by atoms with Gasteiger partial charge in [0.15, 0.2) is 9.84 Å². The second-order valence-electron chi connectivity index (χ2n) is 6.36. The first kappa shape index (κ1) is 15.8. The fraction of sp³-hybridized carbons (Fsp3) is 0.929. The summed E-state index contributed by atoms with van der Waals surface area (Å²) in [6.45, 7) is 5.70. The summed E-state index contributed by atoms with van der Waals surface area (Å²) in [6, 6.07) is 0. The van der Waals surface area contributed by atoms with Crippen LogP contribution in [0, 0.1) is 11.3 Å². The van der Waals surface area contributed by atoms with E-state index in [1.54, 1.807) is 0 Å². The molecule has 2 saturated heterocycles. The topological polar surface area (TPSA) is 75.3 Å². The first-order chi connectivity index (χ1) is 9.41. The van der Waals surface area contributed by atoms with Gasteiger partial charge in [-0.2, -0.15) is 0 Å². The van der Waals surface area contributed by atoms with E-state index in [-0.39, 0.29) is 22.5 Å². The summed E-state index contributed by atoms with van der Waals surface area (Å²) in [7, 11) is -3.01. The lowest BCUT2D eigenvalue weighted by Crippen LogP contribution is -2.52. The van der Waals surface area contributed by atoms with Gasteiger partial charge in [-0.3, -0.25) is 4.79 Å². The molecule has 0 spiro atoms. The van der Waals surface area contributed by atoms with Gasteiger partial charge in [-0.15, -0.1) is 0 Å². The van der Waals surface area contributed by atoms with Gasteiger partial charge in [0, 0.05) is 31.0 Å². The van der Waals surface area contributed by atoms with Crippen molar-refractivity contribution in [2.45, 2.75) is 44.8 Å². The van der Waals surface area contributed by atoms with Crippen molar-refractivity contribution >= 4 is 15.7 Å². The first-order valence-corrected chi connectivity index (χ1v) is 9.33. The lowest BCUT2D eigenvalue weighted by atomic mass is 9.81. The summed E-state index contributed by atoms with van der Waals surface area (Å²) in [4.78, 5) is 12.0. The van der Waals surface area contributed by atoms with E-state index in [9.17, 15) is 13.2 Å². The zero-order valence-corrected chi connectivity index (χ0v) is 13.3. The summed E-state index contributed by atoms with van der Waals surface area (Å²) in [5, 5.41) is 5.87. The summed E-state index contributed by atoms with van der Waals surface area (Å²) in [6.07, 6.45) is 3.45. The van der Waals surface area contributed by atoms with Crippen molar-refractivity contribution in [2.75, 3.05) is 25.4 Å². The Morgan fingerprint density at radius 3 is 2.95 bits per heavy atom. The number of rotatable bonds is 5. The normalized spacial score (nSPS) is 33.4. The molecular weight excluding hydrogens is 276 g/mol. The van der Waals surface area contributed by atoms with Crippen LogP contribution in [0.4, 0.5) is 0 Å². The van der Waals surface area contributed by atoms with Gasteiger partial charge >= 0.3 is 0 Å². The van der Waals surface area contributed by atoms with E-state index in [2.05, 4.69) is 17.6 Å². The Morgan fingerprint density at radius 2 is 2.25 bits per heavy atom. The van der Waals surface area contributed by atoms with E-state index in [0.29, 0.717) is 31.8 Å². The molecule has 6 heteroatoms. The Kier molecular flexibility index (Phi) is 4.74. The van der Waals surface area contributed by atoms with Crippen LogP contribution >= 0.6 is 0 Å². The van der Waals surface area contributed by atoms with Gasteiger partial charge in [-0.05, 0) is 19.3 Å². The molecule has 2 fully saturated rings. The van der Waals surface area contributed by atoms with Crippen molar-refractivity contribution in [3.63, 3.8) is 0 Å². The van der Waals surface area contributed by atoms with Gasteiger partial charge < -0.3 is 10.6 Å². The van der Waals surface area contributed by atoms with Gasteiger partial charge in [0.2, 0.25) is 5.91 Å². The second-order valence-corrected chi connectivity index (χ2v) is 8.66. The predicted octanol–water partition coefficient (Wildman–Crippen LogP) is 0.706. The highest BCUT2D eigenvalue weighted by atomic mass is 32.2. The fourth-order valence-corrected chi connectivity index (χ4v) is 5.82. The van der Waals surface area contributed by atoms with Crippen LogP contribution in [0.2, 0.25) is 0 Å². The Bertz CT molecular complexity index is 463. The minimum Gasteiger partial charge on any atom is -0.355 e. The Labute approximate surface area is 121 Å². The molecule has 0 bridgehead atoms. The molecule has 0 saturated carbocycles. The Balaban J connectivity index is 2.02. The number of amides is 1. The number of fused-ring (bicyclic) bond motifs is 1. The second kappa shape index (κ2) is 6.02. The molecule has 0 aromatic heterocycles. The SMILES string of the molecule is CCCC(C)C(=O)NCC12CCCS(=O)(=O)C1CNC2. The van der Waals surface area contributed by atoms with Crippen molar-refractivity contribution in [2.24, 2.45) is 11.3 Å². The quantitative estimate of drug-likeness (QED) is 0.784. The molecule has 2 aliphatic heterocycles. The maximum Gasteiger partial charge on any atom is 0.222 e. The average Bonchev–Trinajstić information content (AvgIpc) is 2.82. The van der Waals surface area contributed by atoms with Crippen LogP contribution in [-0.4, -0.2) is 45.0 Å². The maximum atomic E-state index is 12.2. The van der Waals surface area contributed by atoms with Crippen LogP contribution < -0.4 is 10.6 Å². The number of hydrogen-bond donors (Lipinski definition) is 2. The zero-order chi connectivity index (χ0) is 14.8. The molecule has 2 aliphatic rings. The molecule has 2 N–H and O–H groups in total. The monoisotopic (exact) mass is 302 g/mol. The van der Waals surface area contributed by atoms with Gasteiger partial charge in [0.05, 0.1) is 11.0 Å². The highest BCUT2D eigenvalue weighted by molar-refractivity contribution is 7.92. The van der Waals surface area contributed by atoms with Crippen molar-refractivity contribution in [1.29, 1.82) is 0 Å². The minimum atomic E-state index is -3.01. The lowest BCUT2D eigenvalue weighted by Gasteiger charge is -2.38. The first-order valence-electron chi connectivity index (χ1n) is 7.61. The molecule has 2 heterocycles.